The molecular weight excluding hydrogens is 292 g/mol. The van der Waals surface area contributed by atoms with Crippen molar-refractivity contribution in [2.75, 3.05) is 0 Å². The van der Waals surface area contributed by atoms with Gasteiger partial charge in [-0.15, -0.1) is 0 Å². The number of thiocarbonyl (C=S) groups is 1. The molecule has 4 nitrogen and oxygen atoms in total. The molecule has 0 bridgehead atoms. The molecule has 0 aliphatic heterocycles. The summed E-state index contributed by atoms with van der Waals surface area (Å²) in [5, 5.41) is 0. The zero-order valence-corrected chi connectivity index (χ0v) is 12.8. The number of hydrogen-bond donors (Lipinski definition) is 1. The fraction of sp³-hybridized carbons (Fsp3) is 0.118. The van der Waals surface area contributed by atoms with E-state index in [1.54, 1.807) is 6.20 Å². The van der Waals surface area contributed by atoms with Crippen molar-refractivity contribution in [2.45, 2.75) is 13.0 Å². The molecule has 2 aromatic heterocycles. The Morgan fingerprint density at radius 3 is 2.77 bits per heavy atom. The number of benzene rings is 1. The second kappa shape index (κ2) is 6.49. The van der Waals surface area contributed by atoms with Gasteiger partial charge < -0.3 is 10.3 Å². The van der Waals surface area contributed by atoms with Crippen molar-refractivity contribution < 1.29 is 0 Å². The third kappa shape index (κ3) is 3.38. The van der Waals surface area contributed by atoms with Crippen LogP contribution in [0.3, 0.4) is 0 Å². The molecule has 0 saturated heterocycles. The Morgan fingerprint density at radius 2 is 2.00 bits per heavy atom. The second-order valence-corrected chi connectivity index (χ2v) is 5.51. The molecular formula is C17H16N4S. The number of pyridine rings is 1. The van der Waals surface area contributed by atoms with E-state index in [2.05, 4.69) is 26.7 Å². The van der Waals surface area contributed by atoms with E-state index in [-0.39, 0.29) is 0 Å². The Labute approximate surface area is 134 Å². The summed E-state index contributed by atoms with van der Waals surface area (Å²) >= 11 is 5.03. The number of nitrogens with zero attached hydrogens (tertiary/aromatic N) is 3. The summed E-state index contributed by atoms with van der Waals surface area (Å²) in [5.74, 6) is 1.01. The Balaban J connectivity index is 1.80. The van der Waals surface area contributed by atoms with Crippen molar-refractivity contribution in [3.63, 3.8) is 0 Å². The molecule has 2 heterocycles. The first-order valence-corrected chi connectivity index (χ1v) is 7.41. The van der Waals surface area contributed by atoms with Gasteiger partial charge in [0.05, 0.1) is 0 Å². The van der Waals surface area contributed by atoms with Gasteiger partial charge in [-0.25, -0.2) is 4.98 Å². The lowest BCUT2D eigenvalue weighted by Gasteiger charge is -2.09. The van der Waals surface area contributed by atoms with Gasteiger partial charge in [-0.2, -0.15) is 0 Å². The summed E-state index contributed by atoms with van der Waals surface area (Å²) in [6.07, 6.45) is 8.21. The van der Waals surface area contributed by atoms with Crippen LogP contribution in [-0.2, 0) is 13.0 Å². The number of rotatable bonds is 5. The average Bonchev–Trinajstić information content (AvgIpc) is 2.95. The summed E-state index contributed by atoms with van der Waals surface area (Å²) in [7, 11) is 0. The minimum atomic E-state index is 0.420. The van der Waals surface area contributed by atoms with E-state index < -0.39 is 0 Å². The first-order valence-electron chi connectivity index (χ1n) is 7.00. The molecule has 0 saturated carbocycles. The first-order chi connectivity index (χ1) is 10.7. The second-order valence-electron chi connectivity index (χ2n) is 5.07. The van der Waals surface area contributed by atoms with Crippen molar-refractivity contribution in [2.24, 2.45) is 5.73 Å². The largest absolute Gasteiger partial charge is 0.389 e. The monoisotopic (exact) mass is 308 g/mol. The summed E-state index contributed by atoms with van der Waals surface area (Å²) in [5.41, 5.74) is 8.88. The molecule has 2 N–H and O–H groups in total. The number of nitrogens with two attached hydrogens (primary N) is 1. The summed E-state index contributed by atoms with van der Waals surface area (Å²) in [4.78, 5) is 9.01. The van der Waals surface area contributed by atoms with Gasteiger partial charge >= 0.3 is 0 Å². The SMILES string of the molecule is NC(=S)c1cccc(Cn2ccnc2Cc2cccnc2)c1. The predicted octanol–water partition coefficient (Wildman–Crippen LogP) is 2.55. The highest BCUT2D eigenvalue weighted by molar-refractivity contribution is 7.80. The topological polar surface area (TPSA) is 56.7 Å². The van der Waals surface area contributed by atoms with E-state index >= 15 is 0 Å². The Bertz CT molecular complexity index is 780. The normalized spacial score (nSPS) is 10.5. The van der Waals surface area contributed by atoms with E-state index in [0.717, 1.165) is 35.5 Å². The lowest BCUT2D eigenvalue weighted by molar-refractivity contribution is 0.740. The van der Waals surface area contributed by atoms with Gasteiger partial charge in [-0.1, -0.05) is 36.5 Å². The third-order valence-corrected chi connectivity index (χ3v) is 3.69. The molecule has 0 unspecified atom stereocenters. The Kier molecular flexibility index (Phi) is 4.25. The average molecular weight is 308 g/mol. The maximum atomic E-state index is 5.69. The predicted molar refractivity (Wildman–Crippen MR) is 90.7 cm³/mol. The number of aromatic nitrogens is 3. The van der Waals surface area contributed by atoms with Crippen LogP contribution in [0.2, 0.25) is 0 Å². The van der Waals surface area contributed by atoms with Crippen molar-refractivity contribution in [3.8, 4) is 0 Å². The minimum absolute atomic E-state index is 0.420. The van der Waals surface area contributed by atoms with Crippen molar-refractivity contribution in [1.82, 2.24) is 14.5 Å². The van der Waals surface area contributed by atoms with Crippen LogP contribution in [0.4, 0.5) is 0 Å². The van der Waals surface area contributed by atoms with Crippen molar-refractivity contribution in [1.29, 1.82) is 0 Å². The Hall–Kier alpha value is -2.53. The van der Waals surface area contributed by atoms with Crippen LogP contribution in [0.5, 0.6) is 0 Å². The first kappa shape index (κ1) is 14.4. The number of imidazole rings is 1. The molecule has 3 rings (SSSR count). The van der Waals surface area contributed by atoms with Gasteiger partial charge in [0, 0.05) is 43.3 Å². The fourth-order valence-corrected chi connectivity index (χ4v) is 2.48. The van der Waals surface area contributed by atoms with Gasteiger partial charge in [-0.05, 0) is 23.3 Å². The molecule has 22 heavy (non-hydrogen) atoms. The molecule has 0 aliphatic carbocycles. The van der Waals surface area contributed by atoms with Crippen molar-refractivity contribution >= 4 is 17.2 Å². The molecule has 0 aliphatic rings. The van der Waals surface area contributed by atoms with Crippen LogP contribution in [0.1, 0.15) is 22.5 Å². The van der Waals surface area contributed by atoms with Gasteiger partial charge in [0.25, 0.3) is 0 Å². The van der Waals surface area contributed by atoms with E-state index in [0.29, 0.717) is 4.99 Å². The number of hydrogen-bond acceptors (Lipinski definition) is 3. The third-order valence-electron chi connectivity index (χ3n) is 3.45. The van der Waals surface area contributed by atoms with Crippen LogP contribution in [-0.4, -0.2) is 19.5 Å². The maximum absolute atomic E-state index is 5.69. The molecule has 0 atom stereocenters. The molecule has 0 spiro atoms. The molecule has 110 valence electrons. The zero-order chi connectivity index (χ0) is 15.4. The summed E-state index contributed by atoms with van der Waals surface area (Å²) in [6, 6.07) is 12.0. The lowest BCUT2D eigenvalue weighted by atomic mass is 10.1. The molecule has 0 fully saturated rings. The highest BCUT2D eigenvalue weighted by atomic mass is 32.1. The summed E-state index contributed by atoms with van der Waals surface area (Å²) < 4.78 is 2.13. The standard InChI is InChI=1S/C17H16N4S/c18-17(22)15-5-1-3-14(9-15)12-21-8-7-20-16(21)10-13-4-2-6-19-11-13/h1-9,11H,10,12H2,(H2,18,22). The molecule has 1 aromatic carbocycles. The highest BCUT2D eigenvalue weighted by Gasteiger charge is 2.06. The van der Waals surface area contributed by atoms with Crippen LogP contribution >= 0.6 is 12.2 Å². The molecule has 0 amide bonds. The van der Waals surface area contributed by atoms with Crippen molar-refractivity contribution in [3.05, 3.63) is 83.7 Å². The lowest BCUT2D eigenvalue weighted by Crippen LogP contribution is -2.10. The van der Waals surface area contributed by atoms with E-state index in [9.17, 15) is 0 Å². The minimum Gasteiger partial charge on any atom is -0.389 e. The van der Waals surface area contributed by atoms with Gasteiger partial charge in [0.1, 0.15) is 10.8 Å². The maximum Gasteiger partial charge on any atom is 0.113 e. The van der Waals surface area contributed by atoms with Crippen LogP contribution in [0.15, 0.2) is 61.2 Å². The van der Waals surface area contributed by atoms with E-state index in [1.807, 2.05) is 42.9 Å². The molecule has 5 heteroatoms. The smallest absolute Gasteiger partial charge is 0.113 e. The summed E-state index contributed by atoms with van der Waals surface area (Å²) in [6.45, 7) is 0.742. The van der Waals surface area contributed by atoms with Gasteiger partial charge in [0.15, 0.2) is 0 Å². The molecule has 3 aromatic rings. The van der Waals surface area contributed by atoms with Gasteiger partial charge in [0.2, 0.25) is 0 Å². The fourth-order valence-electron chi connectivity index (χ4n) is 2.36. The van der Waals surface area contributed by atoms with Crippen LogP contribution < -0.4 is 5.73 Å². The Morgan fingerprint density at radius 1 is 1.14 bits per heavy atom. The van der Waals surface area contributed by atoms with E-state index in [1.165, 1.54) is 0 Å². The van der Waals surface area contributed by atoms with Gasteiger partial charge in [-0.3, -0.25) is 4.98 Å². The highest BCUT2D eigenvalue weighted by Crippen LogP contribution is 2.11. The van der Waals surface area contributed by atoms with E-state index in [4.69, 9.17) is 18.0 Å². The van der Waals surface area contributed by atoms with Crippen LogP contribution in [0, 0.1) is 0 Å². The molecule has 0 radical (unpaired) electrons. The van der Waals surface area contributed by atoms with Crippen LogP contribution in [0.25, 0.3) is 0 Å². The zero-order valence-electron chi connectivity index (χ0n) is 12.0. The quantitative estimate of drug-likeness (QED) is 0.736.